The fraction of sp³-hybridized carbons (Fsp3) is 0.193. The molecule has 0 amide bonds. The Balaban J connectivity index is 1.07. The normalized spacial score (nSPS) is 14.7. The molecule has 1 heterocycles. The van der Waals surface area contributed by atoms with Crippen molar-refractivity contribution in [1.29, 1.82) is 0 Å². The molecular weight excluding hydrogens is 720 g/mol. The number of aryl methyl sites for hydroxylation is 2. The van der Waals surface area contributed by atoms with Crippen molar-refractivity contribution in [2.75, 3.05) is 0 Å². The Labute approximate surface area is 347 Å². The molecule has 0 saturated carbocycles. The van der Waals surface area contributed by atoms with Crippen LogP contribution >= 0.6 is 0 Å². The lowest BCUT2D eigenvalue weighted by atomic mass is 9.75. The minimum atomic E-state index is -0.221. The van der Waals surface area contributed by atoms with Gasteiger partial charge >= 0.3 is 0 Å². The summed E-state index contributed by atoms with van der Waals surface area (Å²) >= 11 is 0. The van der Waals surface area contributed by atoms with Crippen molar-refractivity contribution in [2.45, 2.75) is 70.1 Å². The highest BCUT2D eigenvalue weighted by molar-refractivity contribution is 6.06. The van der Waals surface area contributed by atoms with Crippen LogP contribution in [0.3, 0.4) is 0 Å². The van der Waals surface area contributed by atoms with Gasteiger partial charge in [0.15, 0.2) is 0 Å². The lowest BCUT2D eigenvalue weighted by molar-refractivity contribution is 0.565. The predicted molar refractivity (Wildman–Crippen MR) is 244 cm³/mol. The van der Waals surface area contributed by atoms with Crippen LogP contribution in [0.15, 0.2) is 174 Å². The number of hydrogen-bond acceptors (Lipinski definition) is 1. The molecule has 0 radical (unpaired) electrons. The number of para-hydroxylation sites is 2. The monoisotopic (exact) mass is 768 g/mol. The van der Waals surface area contributed by atoms with Crippen molar-refractivity contribution < 1.29 is 8.81 Å². The minimum absolute atomic E-state index is 0.175. The van der Waals surface area contributed by atoms with Gasteiger partial charge in [-0.15, -0.1) is 0 Å². The Kier molecular flexibility index (Phi) is 9.32. The van der Waals surface area contributed by atoms with Crippen LogP contribution in [0.1, 0.15) is 95.0 Å². The molecule has 0 aliphatic heterocycles. The van der Waals surface area contributed by atoms with Crippen LogP contribution in [-0.4, -0.2) is 0 Å². The van der Waals surface area contributed by atoms with E-state index in [1.54, 1.807) is 6.07 Å². The first-order valence-corrected chi connectivity index (χ1v) is 21.2. The van der Waals surface area contributed by atoms with E-state index in [4.69, 9.17) is 4.42 Å². The summed E-state index contributed by atoms with van der Waals surface area (Å²) in [5.41, 5.74) is 16.1. The van der Waals surface area contributed by atoms with E-state index >= 15 is 0 Å². The van der Waals surface area contributed by atoms with E-state index in [1.807, 2.05) is 6.07 Å². The second kappa shape index (κ2) is 14.8. The summed E-state index contributed by atoms with van der Waals surface area (Å²) in [5, 5.41) is 4.99. The zero-order valence-electron chi connectivity index (χ0n) is 34.3. The average molecular weight is 769 g/mol. The van der Waals surface area contributed by atoms with Crippen LogP contribution in [0.5, 0.6) is 0 Å². The molecule has 8 aromatic carbocycles. The summed E-state index contributed by atoms with van der Waals surface area (Å²) in [6.07, 6.45) is 2.61. The van der Waals surface area contributed by atoms with Gasteiger partial charge in [0.25, 0.3) is 0 Å². The Bertz CT molecular complexity index is 3000. The predicted octanol–water partition coefficient (Wildman–Crippen LogP) is 15.4. The molecule has 0 bridgehead atoms. The molecule has 1 aliphatic carbocycles. The third-order valence-electron chi connectivity index (χ3n) is 13.4. The number of rotatable bonds is 10. The van der Waals surface area contributed by atoms with Gasteiger partial charge in [0.1, 0.15) is 17.0 Å². The topological polar surface area (TPSA) is 13.1 Å². The minimum Gasteiger partial charge on any atom is -0.456 e. The van der Waals surface area contributed by atoms with Crippen LogP contribution in [0.4, 0.5) is 4.39 Å². The number of benzene rings is 8. The van der Waals surface area contributed by atoms with E-state index in [0.717, 1.165) is 36.0 Å². The Hall–Kier alpha value is -6.25. The maximum atomic E-state index is 14.4. The van der Waals surface area contributed by atoms with Crippen molar-refractivity contribution in [2.24, 2.45) is 0 Å². The van der Waals surface area contributed by atoms with Crippen molar-refractivity contribution in [3.05, 3.63) is 226 Å². The Morgan fingerprint density at radius 2 is 1.31 bits per heavy atom. The van der Waals surface area contributed by atoms with Crippen molar-refractivity contribution >= 4 is 32.7 Å². The molecule has 1 nitrogen and oxygen atoms in total. The molecule has 2 heteroatoms. The zero-order chi connectivity index (χ0) is 40.3. The smallest absolute Gasteiger partial charge is 0.138 e. The van der Waals surface area contributed by atoms with Gasteiger partial charge in [-0.3, -0.25) is 0 Å². The van der Waals surface area contributed by atoms with Gasteiger partial charge in [-0.05, 0) is 123 Å². The third kappa shape index (κ3) is 6.56. The van der Waals surface area contributed by atoms with E-state index in [-0.39, 0.29) is 29.0 Å². The second-order valence-corrected chi connectivity index (χ2v) is 17.4. The Morgan fingerprint density at radius 3 is 2.12 bits per heavy atom. The molecule has 3 atom stereocenters. The maximum Gasteiger partial charge on any atom is 0.138 e. The summed E-state index contributed by atoms with van der Waals surface area (Å²) in [7, 11) is 0. The molecule has 290 valence electrons. The summed E-state index contributed by atoms with van der Waals surface area (Å²) in [5.74, 6) is 0.392. The van der Waals surface area contributed by atoms with Gasteiger partial charge in [-0.25, -0.2) is 4.39 Å². The average Bonchev–Trinajstić information content (AvgIpc) is 3.75. The van der Waals surface area contributed by atoms with Crippen LogP contribution in [0.2, 0.25) is 0 Å². The van der Waals surface area contributed by atoms with Gasteiger partial charge in [0, 0.05) is 22.1 Å². The van der Waals surface area contributed by atoms with E-state index in [2.05, 4.69) is 179 Å². The third-order valence-corrected chi connectivity index (χ3v) is 13.4. The standard InChI is InChI=1S/C57H49FO/c1-36-15-12-20-42(31-36)44(29-27-40-19-14-25-48-46-23-10-11-26-54(46)59-56(40)48)51-35-53-55(47-24-9-8-22-45(47)51)49-30-28-41(34-52(49)57(53,3)4)37(2)50(39-17-6-5-7-18-39)33-38-16-13-21-43(58)32-38/h5-26,28,30-32,34-35,37,44,50H,27,29,33H2,1-4H3. The first-order chi connectivity index (χ1) is 28.7. The highest BCUT2D eigenvalue weighted by Crippen LogP contribution is 2.54. The molecule has 10 rings (SSSR count). The second-order valence-electron chi connectivity index (χ2n) is 17.4. The fourth-order valence-corrected chi connectivity index (χ4v) is 10.3. The van der Waals surface area contributed by atoms with Crippen LogP contribution in [0, 0.1) is 12.7 Å². The van der Waals surface area contributed by atoms with Crippen molar-refractivity contribution in [3.8, 4) is 11.1 Å². The van der Waals surface area contributed by atoms with Crippen molar-refractivity contribution in [1.82, 2.24) is 0 Å². The SMILES string of the molecule is Cc1cccc(C(CCc2cccc3c2oc2ccccc23)c2cc3c(c4ccccc24)-c2ccc(C(C)C(Cc4cccc(F)c4)c4ccccc4)cc2C3(C)C)c1. The molecule has 0 spiro atoms. The maximum absolute atomic E-state index is 14.4. The fourth-order valence-electron chi connectivity index (χ4n) is 10.3. The van der Waals surface area contributed by atoms with Gasteiger partial charge in [-0.2, -0.15) is 0 Å². The number of furan rings is 1. The molecule has 59 heavy (non-hydrogen) atoms. The lowest BCUT2D eigenvalue weighted by Crippen LogP contribution is -2.17. The van der Waals surface area contributed by atoms with E-state index in [1.165, 1.54) is 83.2 Å². The van der Waals surface area contributed by atoms with E-state index in [9.17, 15) is 4.39 Å². The highest BCUT2D eigenvalue weighted by Gasteiger charge is 2.39. The number of fused-ring (bicyclic) bond motifs is 8. The number of hydrogen-bond donors (Lipinski definition) is 0. The molecule has 3 unspecified atom stereocenters. The largest absolute Gasteiger partial charge is 0.456 e. The molecule has 0 fully saturated rings. The molecular formula is C57H49FO. The molecule has 0 saturated heterocycles. The van der Waals surface area contributed by atoms with Gasteiger partial charge in [0.2, 0.25) is 0 Å². The quantitative estimate of drug-likeness (QED) is 0.135. The molecule has 1 aliphatic rings. The summed E-state index contributed by atoms with van der Waals surface area (Å²) < 4.78 is 20.9. The summed E-state index contributed by atoms with van der Waals surface area (Å²) in [6, 6.07) is 60.9. The van der Waals surface area contributed by atoms with Gasteiger partial charge < -0.3 is 4.42 Å². The van der Waals surface area contributed by atoms with E-state index < -0.39 is 0 Å². The Morgan fingerprint density at radius 1 is 0.593 bits per heavy atom. The summed E-state index contributed by atoms with van der Waals surface area (Å²) in [6.45, 7) is 9.38. The van der Waals surface area contributed by atoms with Gasteiger partial charge in [0.05, 0.1) is 0 Å². The lowest BCUT2D eigenvalue weighted by Gasteiger charge is -2.28. The summed E-state index contributed by atoms with van der Waals surface area (Å²) in [4.78, 5) is 0. The van der Waals surface area contributed by atoms with Crippen molar-refractivity contribution in [3.63, 3.8) is 0 Å². The molecule has 9 aromatic rings. The first kappa shape index (κ1) is 37.0. The van der Waals surface area contributed by atoms with Crippen LogP contribution in [0.25, 0.3) is 43.8 Å². The molecule has 0 N–H and O–H groups in total. The highest BCUT2D eigenvalue weighted by atomic mass is 19.1. The number of halogens is 1. The molecule has 1 aromatic heterocycles. The van der Waals surface area contributed by atoms with Gasteiger partial charge in [-0.1, -0.05) is 178 Å². The van der Waals surface area contributed by atoms with Crippen LogP contribution in [-0.2, 0) is 18.3 Å². The first-order valence-electron chi connectivity index (χ1n) is 21.2. The van der Waals surface area contributed by atoms with Crippen LogP contribution < -0.4 is 0 Å². The zero-order valence-corrected chi connectivity index (χ0v) is 34.3. The van der Waals surface area contributed by atoms with E-state index in [0.29, 0.717) is 0 Å².